The van der Waals surface area contributed by atoms with Crippen LogP contribution in [0.3, 0.4) is 0 Å². The molecule has 0 atom stereocenters. The molecule has 0 aliphatic rings. The quantitative estimate of drug-likeness (QED) is 0.557. The highest BCUT2D eigenvalue weighted by Gasteiger charge is 2.16. The highest BCUT2D eigenvalue weighted by atomic mass is 14.8. The molecule has 0 heterocycles. The van der Waals surface area contributed by atoms with Crippen molar-refractivity contribution >= 4 is 5.69 Å². The van der Waals surface area contributed by atoms with E-state index in [2.05, 4.69) is 4.98 Å². The molecular formula is C18H13N2+. The van der Waals surface area contributed by atoms with Crippen LogP contribution in [0.25, 0.3) is 27.2 Å². The first-order valence-electron chi connectivity index (χ1n) is 6.48. The maximum absolute atomic E-state index is 9.28. The summed E-state index contributed by atoms with van der Waals surface area (Å²) in [6.45, 7) is 0. The molecule has 0 N–H and O–H groups in total. The molecule has 0 bridgehead atoms. The third-order valence-corrected chi connectivity index (χ3v) is 3.30. The fraction of sp³-hybridized carbons (Fsp3) is 0. The zero-order valence-corrected chi connectivity index (χ0v) is 10.9. The predicted octanol–water partition coefficient (Wildman–Crippen LogP) is 5.51. The number of diazo groups is 1. The first-order chi connectivity index (χ1) is 9.88. The molecule has 2 heteroatoms. The minimum absolute atomic E-state index is 0.581. The standard InChI is InChI=1S/C18H13N2/c19-20-18-13-16(14-7-3-1-4-8-14)11-12-17(18)15-9-5-2-6-10-15/h1-13H/q+1. The molecule has 2 nitrogen and oxygen atoms in total. The van der Waals surface area contributed by atoms with E-state index < -0.39 is 0 Å². The lowest BCUT2D eigenvalue weighted by Crippen LogP contribution is -1.81. The van der Waals surface area contributed by atoms with Gasteiger partial charge in [0.25, 0.3) is 0 Å². The summed E-state index contributed by atoms with van der Waals surface area (Å²) in [5.74, 6) is 0. The van der Waals surface area contributed by atoms with Crippen LogP contribution in [0.15, 0.2) is 78.9 Å². The Kier molecular flexibility index (Phi) is 3.26. The largest absolute Gasteiger partial charge is 0.393 e. The fourth-order valence-corrected chi connectivity index (χ4v) is 2.29. The first kappa shape index (κ1) is 12.1. The van der Waals surface area contributed by atoms with Crippen LogP contribution in [-0.4, -0.2) is 0 Å². The average molecular weight is 257 g/mol. The number of hydrogen-bond acceptors (Lipinski definition) is 1. The Labute approximate surface area is 118 Å². The van der Waals surface area contributed by atoms with E-state index in [0.29, 0.717) is 5.69 Å². The maximum atomic E-state index is 9.28. The summed E-state index contributed by atoms with van der Waals surface area (Å²) in [7, 11) is 0. The van der Waals surface area contributed by atoms with Crippen LogP contribution in [0.1, 0.15) is 0 Å². The number of benzene rings is 3. The van der Waals surface area contributed by atoms with Crippen molar-refractivity contribution in [1.82, 2.24) is 0 Å². The van der Waals surface area contributed by atoms with Crippen molar-refractivity contribution in [3.05, 3.63) is 83.8 Å². The second-order valence-electron chi connectivity index (χ2n) is 4.56. The van der Waals surface area contributed by atoms with Gasteiger partial charge in [0.15, 0.2) is 4.98 Å². The van der Waals surface area contributed by atoms with Crippen LogP contribution >= 0.6 is 0 Å². The van der Waals surface area contributed by atoms with Crippen LogP contribution in [-0.2, 0) is 0 Å². The summed E-state index contributed by atoms with van der Waals surface area (Å²) in [6.07, 6.45) is 0. The maximum Gasteiger partial charge on any atom is 0.393 e. The SMILES string of the molecule is N#[N+]c1cc(-c2ccccc2)ccc1-c1ccccc1. The molecule has 0 aromatic heterocycles. The third-order valence-electron chi connectivity index (χ3n) is 3.30. The Morgan fingerprint density at radius 2 is 1.20 bits per heavy atom. The van der Waals surface area contributed by atoms with Gasteiger partial charge in [0.1, 0.15) is 0 Å². The Morgan fingerprint density at radius 1 is 0.600 bits per heavy atom. The van der Waals surface area contributed by atoms with Crippen molar-refractivity contribution in [2.24, 2.45) is 0 Å². The highest BCUT2D eigenvalue weighted by Crippen LogP contribution is 2.34. The number of rotatable bonds is 2. The van der Waals surface area contributed by atoms with Crippen LogP contribution in [0.4, 0.5) is 5.69 Å². The van der Waals surface area contributed by atoms with E-state index in [1.54, 1.807) is 0 Å². The summed E-state index contributed by atoms with van der Waals surface area (Å²) in [5, 5.41) is 9.28. The summed E-state index contributed by atoms with van der Waals surface area (Å²) in [4.78, 5) is 3.43. The van der Waals surface area contributed by atoms with E-state index >= 15 is 0 Å². The van der Waals surface area contributed by atoms with Gasteiger partial charge in [-0.15, -0.1) is 0 Å². The lowest BCUT2D eigenvalue weighted by Gasteiger charge is -2.02. The molecule has 0 unspecified atom stereocenters. The fourth-order valence-electron chi connectivity index (χ4n) is 2.29. The molecule has 0 saturated heterocycles. The molecule has 0 aliphatic heterocycles. The predicted molar refractivity (Wildman–Crippen MR) is 82.1 cm³/mol. The van der Waals surface area contributed by atoms with Gasteiger partial charge in [0.05, 0.1) is 5.56 Å². The van der Waals surface area contributed by atoms with Gasteiger partial charge in [0, 0.05) is 6.07 Å². The van der Waals surface area contributed by atoms with Crippen molar-refractivity contribution in [2.45, 2.75) is 0 Å². The van der Waals surface area contributed by atoms with E-state index in [1.165, 1.54) is 0 Å². The Balaban J connectivity index is 2.11. The highest BCUT2D eigenvalue weighted by molar-refractivity contribution is 5.82. The van der Waals surface area contributed by atoms with Gasteiger partial charge in [0.2, 0.25) is 5.39 Å². The molecule has 0 fully saturated rings. The van der Waals surface area contributed by atoms with Crippen LogP contribution in [0.2, 0.25) is 0 Å². The number of nitrogens with zero attached hydrogens (tertiary/aromatic N) is 2. The zero-order valence-electron chi connectivity index (χ0n) is 10.9. The van der Waals surface area contributed by atoms with Gasteiger partial charge >= 0.3 is 5.69 Å². The Hall–Kier alpha value is -2.92. The summed E-state index contributed by atoms with van der Waals surface area (Å²) in [6, 6.07) is 25.9. The minimum atomic E-state index is 0.581. The molecule has 0 saturated carbocycles. The number of hydrogen-bond donors (Lipinski definition) is 0. The molecule has 94 valence electrons. The molecule has 3 aromatic rings. The van der Waals surface area contributed by atoms with Gasteiger partial charge in [-0.25, -0.2) is 0 Å². The van der Waals surface area contributed by atoms with Crippen molar-refractivity contribution in [1.29, 1.82) is 5.39 Å². The molecule has 20 heavy (non-hydrogen) atoms. The topological polar surface area (TPSA) is 28.1 Å². The van der Waals surface area contributed by atoms with E-state index in [9.17, 15) is 5.39 Å². The second kappa shape index (κ2) is 5.38. The monoisotopic (exact) mass is 257 g/mol. The van der Waals surface area contributed by atoms with Crippen molar-refractivity contribution in [3.8, 4) is 22.3 Å². The van der Waals surface area contributed by atoms with Crippen molar-refractivity contribution < 1.29 is 0 Å². The van der Waals surface area contributed by atoms with Crippen LogP contribution in [0.5, 0.6) is 0 Å². The van der Waals surface area contributed by atoms with Gasteiger partial charge in [-0.1, -0.05) is 66.7 Å². The lowest BCUT2D eigenvalue weighted by molar-refractivity contribution is 1.46. The zero-order chi connectivity index (χ0) is 13.8. The third kappa shape index (κ3) is 2.30. The van der Waals surface area contributed by atoms with Crippen LogP contribution in [0, 0.1) is 5.39 Å². The molecule has 0 aliphatic carbocycles. The lowest BCUT2D eigenvalue weighted by atomic mass is 9.98. The van der Waals surface area contributed by atoms with Gasteiger partial charge < -0.3 is 0 Å². The molecule has 3 rings (SSSR count). The molecule has 3 aromatic carbocycles. The smallest absolute Gasteiger partial charge is 0.0622 e. The minimum Gasteiger partial charge on any atom is -0.0622 e. The summed E-state index contributed by atoms with van der Waals surface area (Å²) >= 11 is 0. The van der Waals surface area contributed by atoms with E-state index in [-0.39, 0.29) is 0 Å². The molecule has 0 radical (unpaired) electrons. The van der Waals surface area contributed by atoms with E-state index in [0.717, 1.165) is 22.3 Å². The summed E-state index contributed by atoms with van der Waals surface area (Å²) in [5.41, 5.74) is 4.69. The Bertz CT molecular complexity index is 756. The summed E-state index contributed by atoms with van der Waals surface area (Å²) < 4.78 is 0. The van der Waals surface area contributed by atoms with Gasteiger partial charge in [-0.2, -0.15) is 0 Å². The van der Waals surface area contributed by atoms with E-state index in [1.807, 2.05) is 78.9 Å². The van der Waals surface area contributed by atoms with Crippen molar-refractivity contribution in [2.75, 3.05) is 0 Å². The van der Waals surface area contributed by atoms with Crippen LogP contribution < -0.4 is 0 Å². The molecule has 0 amide bonds. The normalized spacial score (nSPS) is 9.95. The average Bonchev–Trinajstić information content (AvgIpc) is 2.56. The van der Waals surface area contributed by atoms with E-state index in [4.69, 9.17) is 0 Å². The first-order valence-corrected chi connectivity index (χ1v) is 6.48. The molecular weight excluding hydrogens is 244 g/mol. The van der Waals surface area contributed by atoms with Crippen molar-refractivity contribution in [3.63, 3.8) is 0 Å². The Morgan fingerprint density at radius 3 is 1.80 bits per heavy atom. The molecule has 0 spiro atoms. The second-order valence-corrected chi connectivity index (χ2v) is 4.56. The van der Waals surface area contributed by atoms with Gasteiger partial charge in [-0.3, -0.25) is 0 Å². The van der Waals surface area contributed by atoms with Gasteiger partial charge in [-0.05, 0) is 22.8 Å².